The minimum atomic E-state index is -3.58. The molecule has 1 saturated heterocycles. The van der Waals surface area contributed by atoms with Gasteiger partial charge in [-0.2, -0.15) is 4.31 Å². The van der Waals surface area contributed by atoms with Crippen LogP contribution in [0.2, 0.25) is 5.02 Å². The highest BCUT2D eigenvalue weighted by Gasteiger charge is 2.31. The second-order valence-electron chi connectivity index (χ2n) is 4.91. The molecule has 0 bridgehead atoms. The van der Waals surface area contributed by atoms with Gasteiger partial charge in [0.1, 0.15) is 5.75 Å². The van der Waals surface area contributed by atoms with Crippen LogP contribution in [0.5, 0.6) is 5.75 Å². The van der Waals surface area contributed by atoms with Crippen LogP contribution in [0.15, 0.2) is 21.5 Å². The fourth-order valence-electron chi connectivity index (χ4n) is 2.40. The van der Waals surface area contributed by atoms with Crippen LogP contribution in [-0.2, 0) is 10.0 Å². The van der Waals surface area contributed by atoms with Gasteiger partial charge in [-0.3, -0.25) is 0 Å². The summed E-state index contributed by atoms with van der Waals surface area (Å²) in [5, 5.41) is 3.42. The quantitative estimate of drug-likeness (QED) is 0.848. The van der Waals surface area contributed by atoms with Crippen molar-refractivity contribution in [3.05, 3.63) is 21.6 Å². The topological polar surface area (TPSA) is 58.6 Å². The highest BCUT2D eigenvalue weighted by Crippen LogP contribution is 2.35. The van der Waals surface area contributed by atoms with Gasteiger partial charge in [0, 0.05) is 23.6 Å². The van der Waals surface area contributed by atoms with Crippen LogP contribution in [0.1, 0.15) is 12.8 Å². The lowest BCUT2D eigenvalue weighted by Crippen LogP contribution is -2.46. The van der Waals surface area contributed by atoms with E-state index in [9.17, 15) is 8.42 Å². The van der Waals surface area contributed by atoms with Gasteiger partial charge < -0.3 is 10.1 Å². The number of likely N-dealkylation sites (N-methyl/N-ethyl adjacent to an activating group) is 1. The van der Waals surface area contributed by atoms with E-state index in [1.165, 1.54) is 17.5 Å². The molecule has 8 heteroatoms. The highest BCUT2D eigenvalue weighted by atomic mass is 79.9. The molecule has 0 saturated carbocycles. The number of sulfonamides is 1. The van der Waals surface area contributed by atoms with Crippen molar-refractivity contribution in [1.29, 1.82) is 0 Å². The van der Waals surface area contributed by atoms with E-state index in [-0.39, 0.29) is 16.0 Å². The van der Waals surface area contributed by atoms with Crippen molar-refractivity contribution in [1.82, 2.24) is 9.62 Å². The molecule has 1 fully saturated rings. The number of methoxy groups -OCH3 is 1. The smallest absolute Gasteiger partial charge is 0.244 e. The SMILES string of the molecule is CNC1CCCN(S(=O)(=O)c2cc(Cl)c(OC)cc2Br)C1. The summed E-state index contributed by atoms with van der Waals surface area (Å²) in [5.41, 5.74) is 0. The first-order chi connectivity index (χ1) is 9.90. The maximum atomic E-state index is 12.8. The Balaban J connectivity index is 2.37. The number of halogens is 2. The van der Waals surface area contributed by atoms with Gasteiger partial charge in [0.2, 0.25) is 10.0 Å². The van der Waals surface area contributed by atoms with E-state index in [0.29, 0.717) is 23.3 Å². The largest absolute Gasteiger partial charge is 0.495 e. The molecule has 5 nitrogen and oxygen atoms in total. The maximum Gasteiger partial charge on any atom is 0.244 e. The standard InChI is InChI=1S/C13H18BrClN2O3S/c1-16-9-4-3-5-17(8-9)21(18,19)13-7-11(15)12(20-2)6-10(13)14/h6-7,9,16H,3-5,8H2,1-2H3. The van der Waals surface area contributed by atoms with Crippen LogP contribution in [-0.4, -0.2) is 46.0 Å². The summed E-state index contributed by atoms with van der Waals surface area (Å²) in [4.78, 5) is 0.171. The first-order valence-electron chi connectivity index (χ1n) is 6.60. The fraction of sp³-hybridized carbons (Fsp3) is 0.538. The Labute approximate surface area is 138 Å². The van der Waals surface area contributed by atoms with Crippen LogP contribution < -0.4 is 10.1 Å². The number of hydrogen-bond donors (Lipinski definition) is 1. The average molecular weight is 398 g/mol. The lowest BCUT2D eigenvalue weighted by Gasteiger charge is -2.32. The number of ether oxygens (including phenoxy) is 1. The maximum absolute atomic E-state index is 12.8. The lowest BCUT2D eigenvalue weighted by atomic mass is 10.1. The molecular formula is C13H18BrClN2O3S. The molecule has 1 unspecified atom stereocenters. The summed E-state index contributed by atoms with van der Waals surface area (Å²) in [6.07, 6.45) is 1.82. The van der Waals surface area contributed by atoms with E-state index in [1.807, 2.05) is 7.05 Å². The van der Waals surface area contributed by atoms with Gasteiger partial charge >= 0.3 is 0 Å². The van der Waals surface area contributed by atoms with Crippen molar-refractivity contribution in [2.45, 2.75) is 23.8 Å². The Morgan fingerprint density at radius 3 is 2.81 bits per heavy atom. The van der Waals surface area contributed by atoms with Crippen LogP contribution >= 0.6 is 27.5 Å². The fourth-order valence-corrected chi connectivity index (χ4v) is 5.24. The van der Waals surface area contributed by atoms with Gasteiger partial charge in [0.05, 0.1) is 17.0 Å². The second kappa shape index (κ2) is 6.83. The third-order valence-corrected chi connectivity index (χ3v) is 6.74. The molecular weight excluding hydrogens is 380 g/mol. The normalized spacial score (nSPS) is 20.5. The molecule has 0 spiro atoms. The van der Waals surface area contributed by atoms with Crippen LogP contribution in [0.4, 0.5) is 0 Å². The van der Waals surface area contributed by atoms with Crippen molar-refractivity contribution >= 4 is 37.6 Å². The molecule has 0 aliphatic carbocycles. The number of benzene rings is 1. The first kappa shape index (κ1) is 17.0. The molecule has 21 heavy (non-hydrogen) atoms. The molecule has 118 valence electrons. The zero-order valence-corrected chi connectivity index (χ0v) is 15.1. The van der Waals surface area contributed by atoms with Crippen molar-refractivity contribution in [2.24, 2.45) is 0 Å². The molecule has 1 aliphatic rings. The number of nitrogens with one attached hydrogen (secondary N) is 1. The molecule has 1 heterocycles. The van der Waals surface area contributed by atoms with E-state index in [4.69, 9.17) is 16.3 Å². The highest BCUT2D eigenvalue weighted by molar-refractivity contribution is 9.10. The van der Waals surface area contributed by atoms with Gasteiger partial charge in [-0.15, -0.1) is 0 Å². The minimum absolute atomic E-state index is 0.171. The third-order valence-electron chi connectivity index (χ3n) is 3.62. The number of nitrogens with zero attached hydrogens (tertiary/aromatic N) is 1. The van der Waals surface area contributed by atoms with E-state index < -0.39 is 10.0 Å². The van der Waals surface area contributed by atoms with Crippen LogP contribution in [0.3, 0.4) is 0 Å². The summed E-state index contributed by atoms with van der Waals surface area (Å²) in [5.74, 6) is 0.439. The van der Waals surface area contributed by atoms with E-state index in [0.717, 1.165) is 12.8 Å². The molecule has 1 aromatic carbocycles. The Kier molecular flexibility index (Phi) is 5.54. The molecule has 0 amide bonds. The summed E-state index contributed by atoms with van der Waals surface area (Å²) < 4.78 is 32.6. The summed E-state index contributed by atoms with van der Waals surface area (Å²) in [6, 6.07) is 3.19. The predicted octanol–water partition coefficient (Wildman–Crippen LogP) is 2.48. The number of piperidine rings is 1. The zero-order chi connectivity index (χ0) is 15.6. The van der Waals surface area contributed by atoms with Crippen molar-refractivity contribution in [2.75, 3.05) is 27.2 Å². The Hall–Kier alpha value is -0.340. The Morgan fingerprint density at radius 1 is 1.48 bits per heavy atom. The number of rotatable bonds is 4. The molecule has 1 N–H and O–H groups in total. The van der Waals surface area contributed by atoms with E-state index in [1.54, 1.807) is 6.07 Å². The van der Waals surface area contributed by atoms with E-state index >= 15 is 0 Å². The van der Waals surface area contributed by atoms with Crippen molar-refractivity contribution in [3.8, 4) is 5.75 Å². The summed E-state index contributed by atoms with van der Waals surface area (Å²) >= 11 is 9.36. The van der Waals surface area contributed by atoms with Crippen LogP contribution in [0.25, 0.3) is 0 Å². The third kappa shape index (κ3) is 3.53. The summed E-state index contributed by atoms with van der Waals surface area (Å²) in [6.45, 7) is 0.992. The van der Waals surface area contributed by atoms with Gasteiger partial charge in [-0.05, 0) is 48.0 Å². The van der Waals surface area contributed by atoms with Gasteiger partial charge in [0.15, 0.2) is 0 Å². The van der Waals surface area contributed by atoms with Crippen molar-refractivity contribution < 1.29 is 13.2 Å². The van der Waals surface area contributed by atoms with Crippen LogP contribution in [0, 0.1) is 0 Å². The monoisotopic (exact) mass is 396 g/mol. The molecule has 1 atom stereocenters. The van der Waals surface area contributed by atoms with E-state index in [2.05, 4.69) is 21.2 Å². The molecule has 1 aliphatic heterocycles. The summed E-state index contributed by atoms with van der Waals surface area (Å²) in [7, 11) is -0.239. The molecule has 0 radical (unpaired) electrons. The minimum Gasteiger partial charge on any atom is -0.495 e. The molecule has 1 aromatic rings. The zero-order valence-electron chi connectivity index (χ0n) is 11.9. The van der Waals surface area contributed by atoms with Crippen molar-refractivity contribution in [3.63, 3.8) is 0 Å². The first-order valence-corrected chi connectivity index (χ1v) is 9.21. The Bertz CT molecular complexity index is 624. The second-order valence-corrected chi connectivity index (χ2v) is 8.08. The molecule has 0 aromatic heterocycles. The molecule has 2 rings (SSSR count). The lowest BCUT2D eigenvalue weighted by molar-refractivity contribution is 0.292. The predicted molar refractivity (Wildman–Crippen MR) is 86.5 cm³/mol. The van der Waals surface area contributed by atoms with Gasteiger partial charge in [-0.25, -0.2) is 8.42 Å². The van der Waals surface area contributed by atoms with Gasteiger partial charge in [0.25, 0.3) is 0 Å². The van der Waals surface area contributed by atoms with Gasteiger partial charge in [-0.1, -0.05) is 11.6 Å². The Morgan fingerprint density at radius 2 is 2.19 bits per heavy atom. The number of hydrogen-bond acceptors (Lipinski definition) is 4. The average Bonchev–Trinajstić information content (AvgIpc) is 2.49.